The van der Waals surface area contributed by atoms with Crippen molar-refractivity contribution in [1.29, 1.82) is 0 Å². The third kappa shape index (κ3) is 4.82. The summed E-state index contributed by atoms with van der Waals surface area (Å²) in [5.41, 5.74) is 3.37. The van der Waals surface area contributed by atoms with Crippen molar-refractivity contribution in [2.24, 2.45) is 0 Å². The number of rotatable bonds is 7. The number of hydrogen-bond donors (Lipinski definition) is 0. The van der Waals surface area contributed by atoms with Crippen LogP contribution >= 0.6 is 0 Å². The monoisotopic (exact) mass is 420 g/mol. The van der Waals surface area contributed by atoms with E-state index in [9.17, 15) is 9.59 Å². The summed E-state index contributed by atoms with van der Waals surface area (Å²) in [4.78, 5) is 28.4. The van der Waals surface area contributed by atoms with Gasteiger partial charge in [0.15, 0.2) is 5.78 Å². The average Bonchev–Trinajstić information content (AvgIpc) is 3.20. The summed E-state index contributed by atoms with van der Waals surface area (Å²) in [6.45, 7) is 2.15. The number of ether oxygens (including phenoxy) is 1. The van der Waals surface area contributed by atoms with Gasteiger partial charge in [-0.1, -0.05) is 42.5 Å². The van der Waals surface area contributed by atoms with Gasteiger partial charge in [-0.2, -0.15) is 0 Å². The molecule has 2 aliphatic rings. The highest BCUT2D eigenvalue weighted by Crippen LogP contribution is 2.44. The molecule has 2 aromatic carbocycles. The Balaban J connectivity index is 1.32. The molecule has 0 aromatic heterocycles. The standard InChI is InChI=1S/C26H32N2O3/c1-27(2)26(30)31-25-13-8-11-20-21-16-18-28(23(21)15-14-22(20)25)17-7-6-12-24(29)19-9-4-3-5-10-19/h3-5,8-11,13,21,23H,6-7,12,14-18H2,1-2H3/t21-,23+/m1/s1. The van der Waals surface area contributed by atoms with Crippen LogP contribution in [0.2, 0.25) is 0 Å². The van der Waals surface area contributed by atoms with Crippen LogP contribution in [0.1, 0.15) is 59.5 Å². The molecule has 1 saturated heterocycles. The zero-order chi connectivity index (χ0) is 21.8. The predicted molar refractivity (Wildman–Crippen MR) is 122 cm³/mol. The molecule has 1 fully saturated rings. The number of hydrogen-bond acceptors (Lipinski definition) is 4. The number of likely N-dealkylation sites (tertiary alicyclic amines) is 1. The Morgan fingerprint density at radius 3 is 2.61 bits per heavy atom. The van der Waals surface area contributed by atoms with Crippen LogP contribution in [0.5, 0.6) is 5.75 Å². The summed E-state index contributed by atoms with van der Waals surface area (Å²) in [6, 6.07) is 16.3. The molecule has 5 heteroatoms. The summed E-state index contributed by atoms with van der Waals surface area (Å²) < 4.78 is 5.63. The molecule has 0 spiro atoms. The fourth-order valence-electron chi connectivity index (χ4n) is 5.08. The van der Waals surface area contributed by atoms with Crippen LogP contribution in [-0.4, -0.2) is 54.9 Å². The Morgan fingerprint density at radius 1 is 1.03 bits per heavy atom. The lowest BCUT2D eigenvalue weighted by molar-refractivity contribution is 0.0977. The van der Waals surface area contributed by atoms with Crippen LogP contribution in [0.4, 0.5) is 4.79 Å². The minimum atomic E-state index is -0.325. The van der Waals surface area contributed by atoms with Gasteiger partial charge in [0.1, 0.15) is 5.75 Å². The Labute approximate surface area is 185 Å². The summed E-state index contributed by atoms with van der Waals surface area (Å²) in [6.07, 6.45) is 5.46. The van der Waals surface area contributed by atoms with E-state index in [1.165, 1.54) is 16.0 Å². The number of unbranched alkanes of at least 4 members (excludes halogenated alkanes) is 1. The number of carbonyl (C=O) groups is 2. The summed E-state index contributed by atoms with van der Waals surface area (Å²) >= 11 is 0. The second kappa shape index (κ2) is 9.65. The van der Waals surface area contributed by atoms with E-state index >= 15 is 0 Å². The molecule has 0 bridgehead atoms. The van der Waals surface area contributed by atoms with Crippen molar-refractivity contribution < 1.29 is 14.3 Å². The molecule has 4 rings (SSSR count). The van der Waals surface area contributed by atoms with Gasteiger partial charge in [0.25, 0.3) is 0 Å². The Kier molecular flexibility index (Phi) is 6.71. The maximum Gasteiger partial charge on any atom is 0.414 e. The van der Waals surface area contributed by atoms with E-state index in [1.54, 1.807) is 14.1 Å². The van der Waals surface area contributed by atoms with Gasteiger partial charge in [-0.3, -0.25) is 9.69 Å². The molecule has 5 nitrogen and oxygen atoms in total. The van der Waals surface area contributed by atoms with E-state index in [0.29, 0.717) is 24.1 Å². The van der Waals surface area contributed by atoms with Crippen molar-refractivity contribution in [3.05, 3.63) is 65.2 Å². The molecule has 0 unspecified atom stereocenters. The van der Waals surface area contributed by atoms with Crippen LogP contribution in [0.15, 0.2) is 48.5 Å². The molecular weight excluding hydrogens is 388 g/mol. The molecule has 1 amide bonds. The van der Waals surface area contributed by atoms with Crippen molar-refractivity contribution in [3.63, 3.8) is 0 Å². The van der Waals surface area contributed by atoms with E-state index in [2.05, 4.69) is 11.0 Å². The lowest BCUT2D eigenvalue weighted by Gasteiger charge is -2.34. The minimum absolute atomic E-state index is 0.242. The predicted octanol–water partition coefficient (Wildman–Crippen LogP) is 4.90. The van der Waals surface area contributed by atoms with Crippen LogP contribution in [0.25, 0.3) is 0 Å². The maximum absolute atomic E-state index is 12.3. The van der Waals surface area contributed by atoms with E-state index < -0.39 is 0 Å². The Morgan fingerprint density at radius 2 is 1.84 bits per heavy atom. The van der Waals surface area contributed by atoms with Crippen LogP contribution < -0.4 is 4.74 Å². The number of carbonyl (C=O) groups excluding carboxylic acids is 2. The van der Waals surface area contributed by atoms with Gasteiger partial charge in [-0.25, -0.2) is 4.79 Å². The Hall–Kier alpha value is -2.66. The Bertz CT molecular complexity index is 926. The van der Waals surface area contributed by atoms with Gasteiger partial charge in [-0.15, -0.1) is 0 Å². The SMILES string of the molecule is CN(C)C(=O)Oc1cccc2c1CC[C@H]1[C@@H]2CCN1CCCCC(=O)c1ccccc1. The number of Topliss-reactive ketones (excluding diaryl/α,β-unsaturated/α-hetero) is 1. The van der Waals surface area contributed by atoms with Gasteiger partial charge in [0.2, 0.25) is 0 Å². The van der Waals surface area contributed by atoms with Gasteiger partial charge in [-0.05, 0) is 62.4 Å². The lowest BCUT2D eigenvalue weighted by atomic mass is 9.79. The molecule has 2 aromatic rings. The first kappa shape index (κ1) is 21.6. The van der Waals surface area contributed by atoms with Gasteiger partial charge in [0.05, 0.1) is 0 Å². The highest BCUT2D eigenvalue weighted by Gasteiger charge is 2.39. The van der Waals surface area contributed by atoms with Gasteiger partial charge in [0, 0.05) is 38.0 Å². The van der Waals surface area contributed by atoms with Crippen LogP contribution in [0.3, 0.4) is 0 Å². The van der Waals surface area contributed by atoms with E-state index in [0.717, 1.165) is 50.8 Å². The van der Waals surface area contributed by atoms with Crippen molar-refractivity contribution >= 4 is 11.9 Å². The van der Waals surface area contributed by atoms with E-state index in [-0.39, 0.29) is 11.9 Å². The molecule has 0 saturated carbocycles. The van der Waals surface area contributed by atoms with Gasteiger partial charge >= 0.3 is 6.09 Å². The van der Waals surface area contributed by atoms with Gasteiger partial charge < -0.3 is 9.64 Å². The molecule has 164 valence electrons. The third-order valence-electron chi connectivity index (χ3n) is 6.68. The molecule has 31 heavy (non-hydrogen) atoms. The fourth-order valence-corrected chi connectivity index (χ4v) is 5.08. The highest BCUT2D eigenvalue weighted by molar-refractivity contribution is 5.95. The van der Waals surface area contributed by atoms with Crippen molar-refractivity contribution in [2.75, 3.05) is 27.2 Å². The minimum Gasteiger partial charge on any atom is -0.410 e. The second-order valence-electron chi connectivity index (χ2n) is 8.87. The third-order valence-corrected chi connectivity index (χ3v) is 6.68. The number of benzene rings is 2. The van der Waals surface area contributed by atoms with Crippen LogP contribution in [0, 0.1) is 0 Å². The number of nitrogens with zero attached hydrogens (tertiary/aromatic N) is 2. The summed E-state index contributed by atoms with van der Waals surface area (Å²) in [5.74, 6) is 1.46. The summed E-state index contributed by atoms with van der Waals surface area (Å²) in [5, 5.41) is 0. The van der Waals surface area contributed by atoms with Crippen LogP contribution in [-0.2, 0) is 6.42 Å². The largest absolute Gasteiger partial charge is 0.414 e. The zero-order valence-corrected chi connectivity index (χ0v) is 18.5. The van der Waals surface area contributed by atoms with Crippen molar-refractivity contribution in [2.45, 2.75) is 50.5 Å². The molecule has 1 heterocycles. The zero-order valence-electron chi connectivity index (χ0n) is 18.5. The first-order valence-electron chi connectivity index (χ1n) is 11.4. The quantitative estimate of drug-likeness (QED) is 0.472. The van der Waals surface area contributed by atoms with Crippen molar-refractivity contribution in [1.82, 2.24) is 9.80 Å². The number of fused-ring (bicyclic) bond motifs is 3. The summed E-state index contributed by atoms with van der Waals surface area (Å²) in [7, 11) is 3.41. The lowest BCUT2D eigenvalue weighted by Crippen LogP contribution is -2.36. The maximum atomic E-state index is 12.3. The number of amides is 1. The molecule has 0 N–H and O–H groups in total. The smallest absolute Gasteiger partial charge is 0.410 e. The second-order valence-corrected chi connectivity index (χ2v) is 8.87. The fraction of sp³-hybridized carbons (Fsp3) is 0.462. The topological polar surface area (TPSA) is 49.9 Å². The van der Waals surface area contributed by atoms with E-state index in [1.807, 2.05) is 42.5 Å². The molecule has 2 atom stereocenters. The van der Waals surface area contributed by atoms with E-state index in [4.69, 9.17) is 4.74 Å². The highest BCUT2D eigenvalue weighted by atomic mass is 16.6. The normalized spacial score (nSPS) is 20.1. The average molecular weight is 421 g/mol. The molecular formula is C26H32N2O3. The molecule has 1 aliphatic heterocycles. The number of ketones is 1. The first-order valence-corrected chi connectivity index (χ1v) is 11.4. The first-order chi connectivity index (χ1) is 15.0. The molecule has 0 radical (unpaired) electrons. The van der Waals surface area contributed by atoms with Crippen molar-refractivity contribution in [3.8, 4) is 5.75 Å². The molecule has 1 aliphatic carbocycles.